The summed E-state index contributed by atoms with van der Waals surface area (Å²) in [4.78, 5) is 0. The molecule has 1 atom stereocenters. The highest BCUT2D eigenvalue weighted by Gasteiger charge is 2.18. The van der Waals surface area contributed by atoms with Crippen molar-refractivity contribution in [2.45, 2.75) is 25.8 Å². The molecular weight excluding hydrogens is 244 g/mol. The summed E-state index contributed by atoms with van der Waals surface area (Å²) in [6.07, 6.45) is 1.45. The molecule has 1 aromatic rings. The number of tetrazole rings is 1. The number of sulfonamides is 1. The van der Waals surface area contributed by atoms with Crippen LogP contribution in [0.4, 0.5) is 0 Å². The average Bonchev–Trinajstić information content (AvgIpc) is 2.77. The second kappa shape index (κ2) is 6.62. The van der Waals surface area contributed by atoms with Gasteiger partial charge in [-0.25, -0.2) is 13.1 Å². The summed E-state index contributed by atoms with van der Waals surface area (Å²) in [6.45, 7) is 2.49. The van der Waals surface area contributed by atoms with Gasteiger partial charge in [0.2, 0.25) is 10.0 Å². The van der Waals surface area contributed by atoms with Gasteiger partial charge in [-0.1, -0.05) is 5.21 Å². The molecule has 0 saturated heterocycles. The largest absolute Gasteiger partial charge is 0.320 e. The van der Waals surface area contributed by atoms with Gasteiger partial charge >= 0.3 is 0 Å². The van der Waals surface area contributed by atoms with Crippen LogP contribution >= 0.6 is 0 Å². The molecule has 0 bridgehead atoms. The van der Waals surface area contributed by atoms with E-state index in [1.165, 1.54) is 0 Å². The number of aromatic nitrogens is 4. The van der Waals surface area contributed by atoms with Gasteiger partial charge in [0.15, 0.2) is 5.82 Å². The molecule has 0 fully saturated rings. The van der Waals surface area contributed by atoms with E-state index in [4.69, 9.17) is 0 Å². The molecule has 9 heteroatoms. The molecule has 0 spiro atoms. The number of nitrogens with one attached hydrogen (secondary N) is 3. The second-order valence-electron chi connectivity index (χ2n) is 3.74. The molecule has 0 aliphatic heterocycles. The lowest BCUT2D eigenvalue weighted by molar-refractivity contribution is 0.555. The van der Waals surface area contributed by atoms with E-state index in [0.717, 1.165) is 13.0 Å². The molecule has 3 N–H and O–H groups in total. The fourth-order valence-electron chi connectivity index (χ4n) is 1.33. The smallest absolute Gasteiger partial charge is 0.212 e. The zero-order valence-electron chi connectivity index (χ0n) is 9.97. The van der Waals surface area contributed by atoms with E-state index in [9.17, 15) is 8.42 Å². The number of hydrogen-bond donors (Lipinski definition) is 3. The Bertz CT molecular complexity index is 404. The van der Waals surface area contributed by atoms with Gasteiger partial charge in [-0.3, -0.25) is 0 Å². The summed E-state index contributed by atoms with van der Waals surface area (Å²) in [6, 6.07) is -0.469. The van der Waals surface area contributed by atoms with E-state index in [0.29, 0.717) is 12.2 Å². The van der Waals surface area contributed by atoms with Gasteiger partial charge in [0.1, 0.15) is 0 Å². The zero-order chi connectivity index (χ0) is 12.7. The van der Waals surface area contributed by atoms with Gasteiger partial charge in [-0.05, 0) is 33.4 Å². The van der Waals surface area contributed by atoms with Crippen molar-refractivity contribution in [3.05, 3.63) is 5.82 Å². The van der Waals surface area contributed by atoms with Crippen molar-refractivity contribution in [3.63, 3.8) is 0 Å². The van der Waals surface area contributed by atoms with E-state index in [1.54, 1.807) is 6.92 Å². The first-order valence-corrected chi connectivity index (χ1v) is 7.08. The summed E-state index contributed by atoms with van der Waals surface area (Å²) in [5.74, 6) is 0.445. The molecular formula is C8H18N6O2S. The molecule has 1 aromatic heterocycles. The lowest BCUT2D eigenvalue weighted by Crippen LogP contribution is -2.30. The monoisotopic (exact) mass is 262 g/mol. The Labute approximate surface area is 101 Å². The Hall–Kier alpha value is -1.06. The molecule has 8 nitrogen and oxygen atoms in total. The molecule has 1 unspecified atom stereocenters. The normalized spacial score (nSPS) is 13.8. The second-order valence-corrected chi connectivity index (χ2v) is 5.61. The van der Waals surface area contributed by atoms with Crippen LogP contribution in [-0.4, -0.2) is 48.4 Å². The lowest BCUT2D eigenvalue weighted by atomic mass is 10.3. The maximum atomic E-state index is 11.7. The van der Waals surface area contributed by atoms with Crippen LogP contribution in [0.1, 0.15) is 31.6 Å². The summed E-state index contributed by atoms with van der Waals surface area (Å²) in [5, 5.41) is 16.1. The first-order chi connectivity index (χ1) is 8.05. The van der Waals surface area contributed by atoms with Crippen LogP contribution in [0, 0.1) is 0 Å². The van der Waals surface area contributed by atoms with E-state index in [-0.39, 0.29) is 5.75 Å². The third-order valence-electron chi connectivity index (χ3n) is 2.20. The van der Waals surface area contributed by atoms with Crippen molar-refractivity contribution in [2.75, 3.05) is 19.3 Å². The molecule has 0 amide bonds. The van der Waals surface area contributed by atoms with Crippen LogP contribution in [0.2, 0.25) is 0 Å². The van der Waals surface area contributed by atoms with Crippen molar-refractivity contribution in [3.8, 4) is 0 Å². The molecule has 1 heterocycles. The molecule has 98 valence electrons. The number of aromatic amines is 1. The summed E-state index contributed by atoms with van der Waals surface area (Å²) in [7, 11) is -1.45. The summed E-state index contributed by atoms with van der Waals surface area (Å²) >= 11 is 0. The molecule has 0 aliphatic carbocycles. The van der Waals surface area contributed by atoms with Gasteiger partial charge < -0.3 is 5.32 Å². The number of unbranched alkanes of at least 4 members (excludes halogenated alkanes) is 1. The van der Waals surface area contributed by atoms with Crippen LogP contribution in [0.3, 0.4) is 0 Å². The van der Waals surface area contributed by atoms with Crippen LogP contribution in [0.15, 0.2) is 0 Å². The first kappa shape index (κ1) is 14.0. The minimum absolute atomic E-state index is 0.108. The van der Waals surface area contributed by atoms with Crippen molar-refractivity contribution in [2.24, 2.45) is 0 Å². The molecule has 0 aromatic carbocycles. The number of hydrogen-bond acceptors (Lipinski definition) is 6. The summed E-state index contributed by atoms with van der Waals surface area (Å²) in [5.41, 5.74) is 0. The summed E-state index contributed by atoms with van der Waals surface area (Å²) < 4.78 is 25.9. The van der Waals surface area contributed by atoms with Gasteiger partial charge in [0, 0.05) is 0 Å². The molecule has 17 heavy (non-hydrogen) atoms. The van der Waals surface area contributed by atoms with Crippen molar-refractivity contribution < 1.29 is 8.42 Å². The number of rotatable bonds is 8. The fraction of sp³-hybridized carbons (Fsp3) is 0.875. The Morgan fingerprint density at radius 3 is 2.76 bits per heavy atom. The molecule has 1 rings (SSSR count). The zero-order valence-corrected chi connectivity index (χ0v) is 10.8. The van der Waals surface area contributed by atoms with Crippen LogP contribution < -0.4 is 10.0 Å². The third-order valence-corrected chi connectivity index (χ3v) is 3.73. The van der Waals surface area contributed by atoms with Crippen LogP contribution in [0.25, 0.3) is 0 Å². The van der Waals surface area contributed by atoms with Gasteiger partial charge in [0.25, 0.3) is 0 Å². The number of nitrogens with zero attached hydrogens (tertiary/aromatic N) is 3. The van der Waals surface area contributed by atoms with E-state index >= 15 is 0 Å². The highest BCUT2D eigenvalue weighted by Crippen LogP contribution is 2.06. The maximum absolute atomic E-state index is 11.7. The van der Waals surface area contributed by atoms with Crippen LogP contribution in [0.5, 0.6) is 0 Å². The van der Waals surface area contributed by atoms with Crippen LogP contribution in [-0.2, 0) is 10.0 Å². The minimum Gasteiger partial charge on any atom is -0.320 e. The Kier molecular flexibility index (Phi) is 5.45. The highest BCUT2D eigenvalue weighted by atomic mass is 32.2. The van der Waals surface area contributed by atoms with Gasteiger partial charge in [0.05, 0.1) is 11.8 Å². The quantitative estimate of drug-likeness (QED) is 0.528. The molecule has 0 radical (unpaired) electrons. The Morgan fingerprint density at radius 2 is 2.18 bits per heavy atom. The SMILES string of the molecule is CNCCCCS(=O)(=O)NC(C)c1nn[nH]n1. The standard InChI is InChI=1S/C8H18N6O2S/c1-7(8-10-13-14-11-8)12-17(15,16)6-4-3-5-9-2/h7,9,12H,3-6H2,1-2H3,(H,10,11,13,14). The molecule has 0 saturated carbocycles. The van der Waals surface area contributed by atoms with E-state index in [2.05, 4.69) is 30.7 Å². The third kappa shape index (κ3) is 5.20. The Balaban J connectivity index is 2.38. The lowest BCUT2D eigenvalue weighted by Gasteiger charge is -2.10. The van der Waals surface area contributed by atoms with E-state index < -0.39 is 16.1 Å². The van der Waals surface area contributed by atoms with Crippen molar-refractivity contribution in [1.82, 2.24) is 30.7 Å². The van der Waals surface area contributed by atoms with E-state index in [1.807, 2.05) is 7.05 Å². The topological polar surface area (TPSA) is 113 Å². The molecule has 0 aliphatic rings. The predicted molar refractivity (Wildman–Crippen MR) is 62.7 cm³/mol. The highest BCUT2D eigenvalue weighted by molar-refractivity contribution is 7.89. The maximum Gasteiger partial charge on any atom is 0.212 e. The minimum atomic E-state index is -3.29. The Morgan fingerprint density at radius 1 is 1.41 bits per heavy atom. The average molecular weight is 262 g/mol. The fourth-order valence-corrected chi connectivity index (χ4v) is 2.67. The first-order valence-electron chi connectivity index (χ1n) is 5.43. The predicted octanol–water partition coefficient (Wildman–Crippen LogP) is -0.820. The van der Waals surface area contributed by atoms with Crippen molar-refractivity contribution >= 4 is 10.0 Å². The number of H-pyrrole nitrogens is 1. The van der Waals surface area contributed by atoms with Gasteiger partial charge in [-0.15, -0.1) is 10.2 Å². The van der Waals surface area contributed by atoms with Crippen molar-refractivity contribution in [1.29, 1.82) is 0 Å². The van der Waals surface area contributed by atoms with Gasteiger partial charge in [-0.2, -0.15) is 5.21 Å².